The Kier molecular flexibility index (Phi) is 5.42. The molecule has 1 atom stereocenters. The van der Waals surface area contributed by atoms with Crippen LogP contribution < -0.4 is 0 Å². The van der Waals surface area contributed by atoms with Gasteiger partial charge in [-0.05, 0) is 50.3 Å². The van der Waals surface area contributed by atoms with Crippen LogP contribution in [0.5, 0.6) is 0 Å². The molecule has 3 rings (SSSR count). The van der Waals surface area contributed by atoms with E-state index in [9.17, 15) is 13.2 Å². The Balaban J connectivity index is 1.70. The highest BCUT2D eigenvalue weighted by atomic mass is 32.2. The van der Waals surface area contributed by atoms with Crippen molar-refractivity contribution < 1.29 is 13.2 Å². The summed E-state index contributed by atoms with van der Waals surface area (Å²) in [6.45, 7) is 5.19. The number of hydrogen-bond donors (Lipinski definition) is 0. The van der Waals surface area contributed by atoms with Gasteiger partial charge in [0.2, 0.25) is 15.9 Å². The minimum absolute atomic E-state index is 0.0252. The van der Waals surface area contributed by atoms with Gasteiger partial charge in [0, 0.05) is 33.7 Å². The highest BCUT2D eigenvalue weighted by molar-refractivity contribution is 7.89. The number of benzene rings is 1. The van der Waals surface area contributed by atoms with E-state index in [4.69, 9.17) is 0 Å². The molecular formula is C19H29N3O3S. The molecule has 0 aliphatic carbocycles. The van der Waals surface area contributed by atoms with Gasteiger partial charge in [0.15, 0.2) is 0 Å². The third kappa shape index (κ3) is 3.94. The van der Waals surface area contributed by atoms with Crippen LogP contribution in [0.15, 0.2) is 29.2 Å². The van der Waals surface area contributed by atoms with Crippen molar-refractivity contribution in [2.45, 2.75) is 31.1 Å². The Labute approximate surface area is 156 Å². The highest BCUT2D eigenvalue weighted by Crippen LogP contribution is 2.40. The van der Waals surface area contributed by atoms with E-state index in [0.29, 0.717) is 24.5 Å². The van der Waals surface area contributed by atoms with Crippen molar-refractivity contribution in [3.8, 4) is 0 Å². The molecule has 2 aliphatic heterocycles. The number of aryl methyl sites for hydroxylation is 1. The first-order valence-corrected chi connectivity index (χ1v) is 10.7. The van der Waals surface area contributed by atoms with Gasteiger partial charge in [-0.3, -0.25) is 9.69 Å². The summed E-state index contributed by atoms with van der Waals surface area (Å²) in [4.78, 5) is 16.2. The first-order chi connectivity index (χ1) is 12.2. The molecule has 2 aliphatic rings. The zero-order valence-corrected chi connectivity index (χ0v) is 16.8. The molecule has 26 heavy (non-hydrogen) atoms. The summed E-state index contributed by atoms with van der Waals surface area (Å²) in [5.41, 5.74) is 1.03. The van der Waals surface area contributed by atoms with E-state index in [0.717, 1.165) is 37.9 Å². The quantitative estimate of drug-likeness (QED) is 0.797. The molecule has 144 valence electrons. The first-order valence-electron chi connectivity index (χ1n) is 9.21. The lowest BCUT2D eigenvalue weighted by atomic mass is 9.79. The average Bonchev–Trinajstić information content (AvgIpc) is 2.99. The lowest BCUT2D eigenvalue weighted by molar-refractivity contribution is -0.130. The van der Waals surface area contributed by atoms with E-state index in [-0.39, 0.29) is 11.3 Å². The van der Waals surface area contributed by atoms with Crippen LogP contribution in [-0.2, 0) is 14.8 Å². The average molecular weight is 380 g/mol. The summed E-state index contributed by atoms with van der Waals surface area (Å²) in [7, 11) is 0.0975. The van der Waals surface area contributed by atoms with Crippen molar-refractivity contribution >= 4 is 15.9 Å². The molecule has 0 N–H and O–H groups in total. The first kappa shape index (κ1) is 19.3. The number of carbonyl (C=O) groups excluding carboxylic acids is 1. The van der Waals surface area contributed by atoms with Crippen molar-refractivity contribution in [3.63, 3.8) is 0 Å². The third-order valence-electron chi connectivity index (χ3n) is 5.66. The van der Waals surface area contributed by atoms with Crippen LogP contribution in [0.3, 0.4) is 0 Å². The summed E-state index contributed by atoms with van der Waals surface area (Å²) in [5, 5.41) is 0. The molecule has 2 heterocycles. The number of amides is 1. The highest BCUT2D eigenvalue weighted by Gasteiger charge is 2.45. The number of sulfonamides is 1. The molecule has 0 radical (unpaired) electrons. The predicted octanol–water partition coefficient (Wildman–Crippen LogP) is 1.56. The predicted molar refractivity (Wildman–Crippen MR) is 101 cm³/mol. The Bertz CT molecular complexity index is 761. The molecule has 0 unspecified atom stereocenters. The lowest BCUT2D eigenvalue weighted by Crippen LogP contribution is -2.48. The number of likely N-dealkylation sites (tertiary alicyclic amines) is 1. The number of likely N-dealkylation sites (N-methyl/N-ethyl adjacent to an activating group) is 1. The lowest BCUT2D eigenvalue weighted by Gasteiger charge is -2.40. The van der Waals surface area contributed by atoms with Gasteiger partial charge in [-0.15, -0.1) is 0 Å². The maximum Gasteiger partial charge on any atom is 0.243 e. The summed E-state index contributed by atoms with van der Waals surface area (Å²) in [5.74, 6) is 0.101. The molecule has 2 fully saturated rings. The van der Waals surface area contributed by atoms with E-state index in [1.165, 1.54) is 0 Å². The summed E-state index contributed by atoms with van der Waals surface area (Å²) in [6.07, 6.45) is 2.91. The molecule has 0 aromatic heterocycles. The van der Waals surface area contributed by atoms with Gasteiger partial charge in [-0.25, -0.2) is 8.42 Å². The Morgan fingerprint density at radius 2 is 1.81 bits per heavy atom. The minimum atomic E-state index is -3.45. The second-order valence-corrected chi connectivity index (χ2v) is 9.94. The number of hydrogen-bond acceptors (Lipinski definition) is 4. The number of rotatable bonds is 4. The van der Waals surface area contributed by atoms with Crippen molar-refractivity contribution in [1.29, 1.82) is 0 Å². The minimum Gasteiger partial charge on any atom is -0.348 e. The van der Waals surface area contributed by atoms with E-state index in [1.807, 2.05) is 19.1 Å². The molecule has 1 amide bonds. The second kappa shape index (κ2) is 7.29. The molecule has 1 aromatic carbocycles. The second-order valence-electron chi connectivity index (χ2n) is 8.00. The van der Waals surface area contributed by atoms with Gasteiger partial charge in [-0.1, -0.05) is 17.7 Å². The van der Waals surface area contributed by atoms with E-state index in [2.05, 4.69) is 4.90 Å². The van der Waals surface area contributed by atoms with E-state index >= 15 is 0 Å². The summed E-state index contributed by atoms with van der Waals surface area (Å²) >= 11 is 0. The van der Waals surface area contributed by atoms with Crippen molar-refractivity contribution in [3.05, 3.63) is 29.8 Å². The molecule has 0 bridgehead atoms. The van der Waals surface area contributed by atoms with E-state index in [1.54, 1.807) is 35.4 Å². The zero-order chi connectivity index (χ0) is 18.9. The fraction of sp³-hybridized carbons (Fsp3) is 0.632. The van der Waals surface area contributed by atoms with Crippen LogP contribution in [0.25, 0.3) is 0 Å². The molecule has 1 aromatic rings. The van der Waals surface area contributed by atoms with Crippen molar-refractivity contribution in [2.75, 3.05) is 46.8 Å². The molecule has 0 saturated carbocycles. The fourth-order valence-electron chi connectivity index (χ4n) is 4.07. The van der Waals surface area contributed by atoms with E-state index < -0.39 is 10.0 Å². The summed E-state index contributed by atoms with van der Waals surface area (Å²) in [6, 6.07) is 7.07. The number of piperidine rings is 1. The van der Waals surface area contributed by atoms with Gasteiger partial charge in [0.25, 0.3) is 0 Å². The van der Waals surface area contributed by atoms with Gasteiger partial charge in [0.05, 0.1) is 11.4 Å². The third-order valence-corrected chi connectivity index (χ3v) is 7.52. The van der Waals surface area contributed by atoms with Crippen LogP contribution in [-0.4, -0.2) is 75.2 Å². The largest absolute Gasteiger partial charge is 0.348 e. The molecule has 1 spiro atoms. The maximum atomic E-state index is 13.0. The van der Waals surface area contributed by atoms with Crippen molar-refractivity contribution in [1.82, 2.24) is 14.1 Å². The standard InChI is InChI=1S/C19H29N3O3S/c1-16-5-7-17(8-6-16)26(24,25)22-12-10-19(15-22)9-4-11-21(14-19)13-18(23)20(2)3/h5-8H,4,9-15H2,1-3H3/t19-/m1/s1. The van der Waals surface area contributed by atoms with Crippen LogP contribution >= 0.6 is 0 Å². The molecule has 2 saturated heterocycles. The van der Waals surface area contributed by atoms with Gasteiger partial charge >= 0.3 is 0 Å². The smallest absolute Gasteiger partial charge is 0.243 e. The van der Waals surface area contributed by atoms with Crippen molar-refractivity contribution in [2.24, 2.45) is 5.41 Å². The number of carbonyl (C=O) groups is 1. The Hall–Kier alpha value is -1.44. The fourth-order valence-corrected chi connectivity index (χ4v) is 5.62. The molecule has 7 heteroatoms. The molecule has 6 nitrogen and oxygen atoms in total. The van der Waals surface area contributed by atoms with Crippen LogP contribution in [0, 0.1) is 12.3 Å². The topological polar surface area (TPSA) is 60.9 Å². The van der Waals surface area contributed by atoms with Crippen LogP contribution in [0.2, 0.25) is 0 Å². The summed E-state index contributed by atoms with van der Waals surface area (Å²) < 4.78 is 27.6. The maximum absolute atomic E-state index is 13.0. The Morgan fingerprint density at radius 3 is 2.46 bits per heavy atom. The number of nitrogens with zero attached hydrogens (tertiary/aromatic N) is 3. The van der Waals surface area contributed by atoms with Crippen LogP contribution in [0.4, 0.5) is 0 Å². The SMILES string of the molecule is Cc1ccc(S(=O)(=O)N2CC[C@@]3(CCCN(CC(=O)N(C)C)C3)C2)cc1. The normalized spacial score (nSPS) is 24.9. The molecular weight excluding hydrogens is 350 g/mol. The van der Waals surface area contributed by atoms with Crippen LogP contribution in [0.1, 0.15) is 24.8 Å². The van der Waals surface area contributed by atoms with Gasteiger partial charge < -0.3 is 4.90 Å². The van der Waals surface area contributed by atoms with Gasteiger partial charge in [-0.2, -0.15) is 4.31 Å². The monoisotopic (exact) mass is 379 g/mol. The van der Waals surface area contributed by atoms with Gasteiger partial charge in [0.1, 0.15) is 0 Å². The Morgan fingerprint density at radius 1 is 1.12 bits per heavy atom. The zero-order valence-electron chi connectivity index (χ0n) is 15.9.